The third-order valence-electron chi connectivity index (χ3n) is 14.5. The van der Waals surface area contributed by atoms with Gasteiger partial charge in [0.2, 0.25) is 0 Å². The smallest absolute Gasteiger partial charge is 0.259 e. The highest BCUT2D eigenvalue weighted by Gasteiger charge is 2.29. The first-order valence-electron chi connectivity index (χ1n) is 24.4. The quantitative estimate of drug-likeness (QED) is 0.124. The van der Waals surface area contributed by atoms with Crippen LogP contribution in [0.5, 0.6) is 0 Å². The van der Waals surface area contributed by atoms with Crippen molar-refractivity contribution in [2.45, 2.75) is 104 Å². The Balaban J connectivity index is 0.000000163. The van der Waals surface area contributed by atoms with Crippen molar-refractivity contribution in [1.82, 2.24) is 68.8 Å². The molecule has 0 unspecified atom stereocenters. The van der Waals surface area contributed by atoms with Crippen LogP contribution in [0.1, 0.15) is 88.0 Å². The Morgan fingerprint density at radius 2 is 1.33 bits per heavy atom. The van der Waals surface area contributed by atoms with Crippen molar-refractivity contribution in [3.8, 4) is 11.3 Å². The van der Waals surface area contributed by atoms with Gasteiger partial charge in [-0.2, -0.15) is 10.2 Å². The van der Waals surface area contributed by atoms with E-state index >= 15 is 0 Å². The van der Waals surface area contributed by atoms with Crippen molar-refractivity contribution in [3.05, 3.63) is 123 Å². The van der Waals surface area contributed by atoms with E-state index in [9.17, 15) is 9.59 Å². The number of nitrogens with one attached hydrogen (secondary N) is 2. The number of imidazole rings is 1. The third-order valence-corrected chi connectivity index (χ3v) is 14.5. The number of likely N-dealkylation sites (tertiary alicyclic amines) is 2. The van der Waals surface area contributed by atoms with Gasteiger partial charge in [-0.05, 0) is 101 Å². The number of aromatic amines is 2. The second-order valence-corrected chi connectivity index (χ2v) is 19.5. The second kappa shape index (κ2) is 19.2. The molecule has 0 radical (unpaired) electrons. The molecule has 9 heterocycles. The molecule has 70 heavy (non-hydrogen) atoms. The first-order chi connectivity index (χ1) is 33.9. The van der Waals surface area contributed by atoms with Crippen LogP contribution in [-0.2, 0) is 13.1 Å². The maximum atomic E-state index is 14.0. The lowest BCUT2D eigenvalue weighted by atomic mass is 10.0. The zero-order chi connectivity index (χ0) is 48.8. The molecule has 2 aromatic carbocycles. The Morgan fingerprint density at radius 1 is 0.743 bits per heavy atom. The van der Waals surface area contributed by atoms with E-state index in [1.165, 1.54) is 12.7 Å². The highest BCUT2D eigenvalue weighted by Crippen LogP contribution is 2.33. The van der Waals surface area contributed by atoms with Crippen LogP contribution in [-0.4, -0.2) is 114 Å². The van der Waals surface area contributed by atoms with Crippen LogP contribution in [0.4, 0.5) is 11.6 Å². The molecule has 2 aliphatic heterocycles. The van der Waals surface area contributed by atoms with E-state index in [0.29, 0.717) is 53.4 Å². The van der Waals surface area contributed by atoms with E-state index in [0.717, 1.165) is 113 Å². The summed E-state index contributed by atoms with van der Waals surface area (Å²) in [5, 5.41) is 16.0. The summed E-state index contributed by atoms with van der Waals surface area (Å²) in [5.41, 5.74) is 13.9. The third kappa shape index (κ3) is 8.70. The Bertz CT molecular complexity index is 3440. The number of nitrogen functional groups attached to an aromatic ring is 1. The van der Waals surface area contributed by atoms with Gasteiger partial charge in [-0.25, -0.2) is 29.6 Å². The topological polar surface area (TPSA) is 206 Å². The lowest BCUT2D eigenvalue weighted by Gasteiger charge is -2.36. The van der Waals surface area contributed by atoms with Gasteiger partial charge in [0, 0.05) is 80.5 Å². The number of nitrogens with two attached hydrogens (primary N) is 1. The molecular formula is C52H62N16O2. The number of fused-ring (bicyclic) bond motifs is 4. The molecule has 9 aromatic rings. The minimum absolute atomic E-state index is 0.0641. The molecule has 0 aliphatic carbocycles. The molecule has 0 amide bonds. The van der Waals surface area contributed by atoms with Crippen LogP contribution >= 0.6 is 0 Å². The summed E-state index contributed by atoms with van der Waals surface area (Å²) < 4.78 is 5.91. The number of hydrogen-bond donors (Lipinski definition) is 3. The standard InChI is InChI=1S/C27H31N9O.C25H31N7O/c1-16(2)34-9-7-20(8-10-34)36-21(11-18-6-4-5-17(3)22(18)27(36)37)14-35-26-23(25(28)29-15-30-26)24(33-35)19-12-31-32-13-19;1-16(2)31-10-8-19(9-11-31)32-20(12-18-7-5-6-17(3)21(18)25(32)33)13-30(4)24-22-23(27-14-26-22)28-15-29-24/h4-6,11-13,15-16,20H,7-10,14H2,1-3H3,(H,31,32)(H2,28,29,30);5-7,12,14-16,19H,8-11,13H2,1-4H3,(H,26,27,28,29). The minimum Gasteiger partial charge on any atom is -0.383 e. The normalized spacial score (nSPS) is 15.5. The van der Waals surface area contributed by atoms with Gasteiger partial charge in [-0.3, -0.25) is 14.7 Å². The zero-order valence-corrected chi connectivity index (χ0v) is 41.1. The number of H-pyrrole nitrogens is 2. The molecule has 0 atom stereocenters. The maximum absolute atomic E-state index is 14.0. The van der Waals surface area contributed by atoms with Gasteiger partial charge in [0.25, 0.3) is 11.1 Å². The number of benzene rings is 2. The molecule has 2 fully saturated rings. The molecule has 4 N–H and O–H groups in total. The summed E-state index contributed by atoms with van der Waals surface area (Å²) in [7, 11) is 2.00. The Labute approximate surface area is 405 Å². The van der Waals surface area contributed by atoms with Crippen molar-refractivity contribution >= 4 is 55.4 Å². The van der Waals surface area contributed by atoms with Gasteiger partial charge < -0.3 is 34.6 Å². The summed E-state index contributed by atoms with van der Waals surface area (Å²) in [4.78, 5) is 59.8. The average molecular weight is 943 g/mol. The fourth-order valence-corrected chi connectivity index (χ4v) is 10.8. The van der Waals surface area contributed by atoms with Crippen LogP contribution in [0.2, 0.25) is 0 Å². The molecule has 7 aromatic heterocycles. The number of hydrogen-bond acceptors (Lipinski definition) is 13. The van der Waals surface area contributed by atoms with E-state index in [1.54, 1.807) is 18.7 Å². The number of piperidine rings is 2. The summed E-state index contributed by atoms with van der Waals surface area (Å²) in [5.74, 6) is 1.13. The lowest BCUT2D eigenvalue weighted by molar-refractivity contribution is 0.149. The number of aromatic nitrogens is 12. The van der Waals surface area contributed by atoms with Crippen molar-refractivity contribution in [1.29, 1.82) is 0 Å². The molecule has 0 spiro atoms. The SMILES string of the molecule is Cc1cccc2cc(CN(C)c3ncnc4nc[nH]c34)n(C3CCN(C(C)C)CC3)c(=O)c12.Cc1cccc2cc(Cn3nc(-c4cn[nH]c4)c4c(N)ncnc43)n(C3CCN(C(C)C)CC3)c(=O)c12. The molecule has 2 saturated heterocycles. The number of pyridine rings is 2. The van der Waals surface area contributed by atoms with Gasteiger partial charge in [-0.1, -0.05) is 36.4 Å². The molecular weight excluding hydrogens is 881 g/mol. The van der Waals surface area contributed by atoms with Crippen LogP contribution in [0.25, 0.3) is 55.0 Å². The Hall–Kier alpha value is -7.31. The number of anilines is 2. The summed E-state index contributed by atoms with van der Waals surface area (Å²) in [6.07, 6.45) is 11.9. The maximum Gasteiger partial charge on any atom is 0.259 e. The van der Waals surface area contributed by atoms with Gasteiger partial charge in [0.1, 0.15) is 29.7 Å². The van der Waals surface area contributed by atoms with Crippen LogP contribution in [0.15, 0.2) is 89.5 Å². The van der Waals surface area contributed by atoms with E-state index in [-0.39, 0.29) is 23.2 Å². The highest BCUT2D eigenvalue weighted by molar-refractivity contribution is 5.98. The first kappa shape index (κ1) is 46.4. The fraction of sp³-hybridized carbons (Fsp3) is 0.404. The predicted octanol–water partition coefficient (Wildman–Crippen LogP) is 7.17. The molecule has 362 valence electrons. The summed E-state index contributed by atoms with van der Waals surface area (Å²) in [6.45, 7) is 17.9. The predicted molar refractivity (Wildman–Crippen MR) is 276 cm³/mol. The van der Waals surface area contributed by atoms with Crippen LogP contribution in [0.3, 0.4) is 0 Å². The monoisotopic (exact) mass is 943 g/mol. The molecule has 18 nitrogen and oxygen atoms in total. The average Bonchev–Trinajstić information content (AvgIpc) is 4.14. The first-order valence-corrected chi connectivity index (χ1v) is 24.4. The van der Waals surface area contributed by atoms with Gasteiger partial charge >= 0.3 is 0 Å². The molecule has 11 rings (SSSR count). The number of aryl methyl sites for hydroxylation is 2. The number of nitrogens with zero attached hydrogens (tertiary/aromatic N) is 13. The van der Waals surface area contributed by atoms with Crippen LogP contribution < -0.4 is 21.8 Å². The van der Waals surface area contributed by atoms with E-state index in [1.807, 2.05) is 66.5 Å². The van der Waals surface area contributed by atoms with E-state index in [2.05, 4.69) is 99.2 Å². The molecule has 2 aliphatic rings. The van der Waals surface area contributed by atoms with Crippen LogP contribution in [0, 0.1) is 13.8 Å². The molecule has 0 saturated carbocycles. The molecule has 18 heteroatoms. The fourth-order valence-electron chi connectivity index (χ4n) is 10.8. The zero-order valence-electron chi connectivity index (χ0n) is 41.1. The van der Waals surface area contributed by atoms with Gasteiger partial charge in [0.05, 0.1) is 41.8 Å². The van der Waals surface area contributed by atoms with Gasteiger partial charge in [-0.15, -0.1) is 0 Å². The Kier molecular flexibility index (Phi) is 12.8. The minimum atomic E-state index is 0.0641. The van der Waals surface area contributed by atoms with E-state index in [4.69, 9.17) is 10.8 Å². The summed E-state index contributed by atoms with van der Waals surface area (Å²) in [6, 6.07) is 17.8. The van der Waals surface area contributed by atoms with Crippen molar-refractivity contribution < 1.29 is 0 Å². The second-order valence-electron chi connectivity index (χ2n) is 19.5. The van der Waals surface area contributed by atoms with Gasteiger partial charge in [0.15, 0.2) is 17.1 Å². The molecule has 0 bridgehead atoms. The number of rotatable bonds is 10. The largest absolute Gasteiger partial charge is 0.383 e. The van der Waals surface area contributed by atoms with Crippen molar-refractivity contribution in [2.24, 2.45) is 0 Å². The van der Waals surface area contributed by atoms with E-state index < -0.39 is 0 Å². The van der Waals surface area contributed by atoms with Crippen molar-refractivity contribution in [2.75, 3.05) is 43.9 Å². The Morgan fingerprint density at radius 3 is 1.91 bits per heavy atom. The lowest BCUT2D eigenvalue weighted by Crippen LogP contribution is -2.42. The summed E-state index contributed by atoms with van der Waals surface area (Å²) >= 11 is 0. The van der Waals surface area contributed by atoms with Crippen molar-refractivity contribution in [3.63, 3.8) is 0 Å². The highest BCUT2D eigenvalue weighted by atomic mass is 16.1.